The highest BCUT2D eigenvalue weighted by molar-refractivity contribution is 6.04. The van der Waals surface area contributed by atoms with Gasteiger partial charge < -0.3 is 19.2 Å². The Labute approximate surface area is 185 Å². The smallest absolute Gasteiger partial charge is 0.255 e. The Kier molecular flexibility index (Phi) is 5.69. The molecule has 6 nitrogen and oxygen atoms in total. The molecule has 1 heterocycles. The highest BCUT2D eigenvalue weighted by atomic mass is 16.5. The fraction of sp³-hybridized carbons (Fsp3) is 0.154. The summed E-state index contributed by atoms with van der Waals surface area (Å²) in [7, 11) is 3.09. The second-order valence-corrected chi connectivity index (χ2v) is 7.53. The average Bonchev–Trinajstić information content (AvgIpc) is 2.79. The van der Waals surface area contributed by atoms with Crippen LogP contribution in [0.15, 0.2) is 69.9 Å². The fourth-order valence-corrected chi connectivity index (χ4v) is 3.65. The van der Waals surface area contributed by atoms with E-state index in [4.69, 9.17) is 13.9 Å². The number of anilines is 1. The van der Waals surface area contributed by atoms with Gasteiger partial charge in [0.25, 0.3) is 5.91 Å². The summed E-state index contributed by atoms with van der Waals surface area (Å²) in [4.78, 5) is 25.3. The van der Waals surface area contributed by atoms with Gasteiger partial charge in [0.15, 0.2) is 16.9 Å². The molecule has 4 rings (SSSR count). The number of hydrogen-bond acceptors (Lipinski definition) is 5. The fourth-order valence-electron chi connectivity index (χ4n) is 3.65. The second kappa shape index (κ2) is 8.59. The molecular formula is C26H23NO5. The Bertz CT molecular complexity index is 1370. The van der Waals surface area contributed by atoms with Gasteiger partial charge in [-0.15, -0.1) is 0 Å². The SMILES string of the molecule is COc1ccc(NC(=O)c2ccc(-c3cc(=O)c4cc(C)cc(C)c4o3)cc2)cc1OC. The molecule has 0 unspecified atom stereocenters. The molecule has 162 valence electrons. The molecule has 1 N–H and O–H groups in total. The van der Waals surface area contributed by atoms with Gasteiger partial charge in [0.1, 0.15) is 11.3 Å². The first kappa shape index (κ1) is 21.2. The molecule has 0 aliphatic carbocycles. The van der Waals surface area contributed by atoms with E-state index in [0.29, 0.717) is 45.0 Å². The van der Waals surface area contributed by atoms with Crippen LogP contribution in [0.5, 0.6) is 11.5 Å². The number of amides is 1. The van der Waals surface area contributed by atoms with Crippen LogP contribution in [0.2, 0.25) is 0 Å². The Hall–Kier alpha value is -4.06. The zero-order valence-electron chi connectivity index (χ0n) is 18.3. The quantitative estimate of drug-likeness (QED) is 0.463. The minimum absolute atomic E-state index is 0.0941. The molecule has 4 aromatic rings. The minimum Gasteiger partial charge on any atom is -0.493 e. The molecule has 0 spiro atoms. The molecule has 0 saturated heterocycles. The van der Waals surface area contributed by atoms with Gasteiger partial charge in [0, 0.05) is 28.9 Å². The molecule has 0 radical (unpaired) electrons. The van der Waals surface area contributed by atoms with E-state index in [1.807, 2.05) is 26.0 Å². The van der Waals surface area contributed by atoms with Crippen LogP contribution in [0.3, 0.4) is 0 Å². The Balaban J connectivity index is 1.59. The predicted octanol–water partition coefficient (Wildman–Crippen LogP) is 5.35. The summed E-state index contributed by atoms with van der Waals surface area (Å²) in [5, 5.41) is 3.41. The molecule has 0 fully saturated rings. The van der Waals surface area contributed by atoms with Gasteiger partial charge in [0.2, 0.25) is 0 Å². The third-order valence-corrected chi connectivity index (χ3v) is 5.23. The number of nitrogens with one attached hydrogen (secondary N) is 1. The standard InChI is InChI=1S/C26H23NO5/c1-15-11-16(2)25-20(12-15)21(28)14-23(32-25)17-5-7-18(8-6-17)26(29)27-19-9-10-22(30-3)24(13-19)31-4/h5-14H,1-4H3,(H,27,29). The van der Waals surface area contributed by atoms with Crippen LogP contribution in [0.25, 0.3) is 22.3 Å². The van der Waals surface area contributed by atoms with Crippen molar-refractivity contribution >= 4 is 22.6 Å². The molecule has 0 saturated carbocycles. The Morgan fingerprint density at radius 3 is 2.28 bits per heavy atom. The van der Waals surface area contributed by atoms with Crippen molar-refractivity contribution in [2.45, 2.75) is 13.8 Å². The van der Waals surface area contributed by atoms with Gasteiger partial charge in [0.05, 0.1) is 19.6 Å². The lowest BCUT2D eigenvalue weighted by Gasteiger charge is -2.11. The monoisotopic (exact) mass is 429 g/mol. The number of benzene rings is 3. The van der Waals surface area contributed by atoms with Crippen molar-refractivity contribution in [1.29, 1.82) is 0 Å². The lowest BCUT2D eigenvalue weighted by Crippen LogP contribution is -2.11. The van der Waals surface area contributed by atoms with Crippen molar-refractivity contribution < 1.29 is 18.7 Å². The number of methoxy groups -OCH3 is 2. The summed E-state index contributed by atoms with van der Waals surface area (Å²) >= 11 is 0. The number of hydrogen-bond donors (Lipinski definition) is 1. The number of aryl methyl sites for hydroxylation is 2. The predicted molar refractivity (Wildman–Crippen MR) is 125 cm³/mol. The van der Waals surface area contributed by atoms with Crippen molar-refractivity contribution in [3.05, 3.63) is 87.6 Å². The van der Waals surface area contributed by atoms with E-state index in [1.165, 1.54) is 13.2 Å². The van der Waals surface area contributed by atoms with E-state index in [1.54, 1.807) is 49.6 Å². The van der Waals surface area contributed by atoms with Crippen LogP contribution in [-0.4, -0.2) is 20.1 Å². The molecule has 0 aliphatic heterocycles. The minimum atomic E-state index is -0.268. The summed E-state index contributed by atoms with van der Waals surface area (Å²) in [6, 6.07) is 17.4. The van der Waals surface area contributed by atoms with E-state index in [2.05, 4.69) is 5.32 Å². The lowest BCUT2D eigenvalue weighted by molar-refractivity contribution is 0.102. The molecular weight excluding hydrogens is 406 g/mol. The molecule has 1 aromatic heterocycles. The van der Waals surface area contributed by atoms with Gasteiger partial charge in [-0.1, -0.05) is 18.2 Å². The maximum Gasteiger partial charge on any atom is 0.255 e. The van der Waals surface area contributed by atoms with Crippen molar-refractivity contribution in [3.63, 3.8) is 0 Å². The van der Waals surface area contributed by atoms with Crippen LogP contribution < -0.4 is 20.2 Å². The first-order valence-corrected chi connectivity index (χ1v) is 10.1. The maximum absolute atomic E-state index is 12.7. The number of rotatable bonds is 5. The largest absolute Gasteiger partial charge is 0.493 e. The zero-order chi connectivity index (χ0) is 22.8. The summed E-state index contributed by atoms with van der Waals surface area (Å²) < 4.78 is 16.5. The first-order valence-electron chi connectivity index (χ1n) is 10.1. The average molecular weight is 429 g/mol. The van der Waals surface area contributed by atoms with Crippen LogP contribution >= 0.6 is 0 Å². The van der Waals surface area contributed by atoms with E-state index >= 15 is 0 Å². The van der Waals surface area contributed by atoms with Gasteiger partial charge in [-0.05, 0) is 55.3 Å². The number of fused-ring (bicyclic) bond motifs is 1. The highest BCUT2D eigenvalue weighted by Gasteiger charge is 2.12. The topological polar surface area (TPSA) is 77.8 Å². The zero-order valence-corrected chi connectivity index (χ0v) is 18.3. The lowest BCUT2D eigenvalue weighted by atomic mass is 10.1. The van der Waals surface area contributed by atoms with Gasteiger partial charge in [-0.25, -0.2) is 0 Å². The summed E-state index contributed by atoms with van der Waals surface area (Å²) in [5.74, 6) is 1.30. The molecule has 3 aromatic carbocycles. The van der Waals surface area contributed by atoms with Gasteiger partial charge >= 0.3 is 0 Å². The van der Waals surface area contributed by atoms with Crippen LogP contribution in [0, 0.1) is 13.8 Å². The third-order valence-electron chi connectivity index (χ3n) is 5.23. The normalized spacial score (nSPS) is 10.8. The van der Waals surface area contributed by atoms with Crippen LogP contribution in [-0.2, 0) is 0 Å². The van der Waals surface area contributed by atoms with Gasteiger partial charge in [-0.3, -0.25) is 9.59 Å². The summed E-state index contributed by atoms with van der Waals surface area (Å²) in [5.41, 5.74) is 4.18. The van der Waals surface area contributed by atoms with E-state index in [0.717, 1.165) is 11.1 Å². The van der Waals surface area contributed by atoms with Crippen LogP contribution in [0.1, 0.15) is 21.5 Å². The van der Waals surface area contributed by atoms with Crippen molar-refractivity contribution in [2.75, 3.05) is 19.5 Å². The number of carbonyl (C=O) groups excluding carboxylic acids is 1. The van der Waals surface area contributed by atoms with E-state index < -0.39 is 0 Å². The van der Waals surface area contributed by atoms with Crippen molar-refractivity contribution in [2.24, 2.45) is 0 Å². The Morgan fingerprint density at radius 2 is 1.59 bits per heavy atom. The Morgan fingerprint density at radius 1 is 0.875 bits per heavy atom. The molecule has 1 amide bonds. The molecule has 0 aliphatic rings. The second-order valence-electron chi connectivity index (χ2n) is 7.53. The maximum atomic E-state index is 12.7. The van der Waals surface area contributed by atoms with Crippen LogP contribution in [0.4, 0.5) is 5.69 Å². The van der Waals surface area contributed by atoms with E-state index in [-0.39, 0.29) is 11.3 Å². The highest BCUT2D eigenvalue weighted by Crippen LogP contribution is 2.30. The summed E-state index contributed by atoms with van der Waals surface area (Å²) in [6.45, 7) is 3.87. The molecule has 6 heteroatoms. The van der Waals surface area contributed by atoms with Crippen molar-refractivity contribution in [3.8, 4) is 22.8 Å². The molecule has 0 atom stereocenters. The van der Waals surface area contributed by atoms with Crippen molar-refractivity contribution in [1.82, 2.24) is 0 Å². The first-order chi connectivity index (χ1) is 15.4. The molecule has 32 heavy (non-hydrogen) atoms. The van der Waals surface area contributed by atoms with Gasteiger partial charge in [-0.2, -0.15) is 0 Å². The molecule has 0 bridgehead atoms. The number of ether oxygens (including phenoxy) is 2. The third kappa shape index (κ3) is 4.07. The number of carbonyl (C=O) groups is 1. The summed E-state index contributed by atoms with van der Waals surface area (Å²) in [6.07, 6.45) is 0. The van der Waals surface area contributed by atoms with E-state index in [9.17, 15) is 9.59 Å².